The van der Waals surface area contributed by atoms with Gasteiger partial charge in [0, 0.05) is 10.9 Å². The zero-order valence-corrected chi connectivity index (χ0v) is 25.4. The molecule has 2 heteroatoms. The summed E-state index contributed by atoms with van der Waals surface area (Å²) in [4.78, 5) is 4.86. The highest BCUT2D eigenvalue weighted by atomic mass is 16.3. The lowest BCUT2D eigenvalue weighted by Gasteiger charge is -2.18. The van der Waals surface area contributed by atoms with E-state index in [1.54, 1.807) is 0 Å². The summed E-state index contributed by atoms with van der Waals surface area (Å²) in [6.45, 7) is 0. The van der Waals surface area contributed by atoms with E-state index in [2.05, 4.69) is 133 Å². The Kier molecular flexibility index (Phi) is 5.61. The van der Waals surface area contributed by atoms with Crippen LogP contribution in [0.1, 0.15) is 0 Å². The van der Waals surface area contributed by atoms with E-state index in [1.165, 1.54) is 60.0 Å². The highest BCUT2D eigenvalue weighted by Crippen LogP contribution is 2.45. The van der Waals surface area contributed by atoms with Crippen molar-refractivity contribution in [3.05, 3.63) is 164 Å². The Labute approximate surface area is 271 Å². The third kappa shape index (κ3) is 4.02. The van der Waals surface area contributed by atoms with Crippen molar-refractivity contribution in [1.82, 2.24) is 4.98 Å². The molecule has 1 aromatic heterocycles. The number of hydrogen-bond acceptors (Lipinski definition) is 2. The monoisotopic (exact) mass is 597 g/mol. The zero-order valence-electron chi connectivity index (χ0n) is 25.4. The molecule has 0 spiro atoms. The minimum atomic E-state index is 0.645. The third-order valence-corrected chi connectivity index (χ3v) is 9.63. The van der Waals surface area contributed by atoms with Crippen LogP contribution in [-0.4, -0.2) is 4.98 Å². The number of nitrogens with zero attached hydrogens (tertiary/aromatic N) is 1. The molecule has 218 valence electrons. The average Bonchev–Trinajstić information content (AvgIpc) is 3.58. The summed E-state index contributed by atoms with van der Waals surface area (Å²) in [6.07, 6.45) is 0. The second-order valence-corrected chi connectivity index (χ2v) is 12.3. The van der Waals surface area contributed by atoms with Crippen molar-refractivity contribution in [3.63, 3.8) is 0 Å². The average molecular weight is 598 g/mol. The first-order valence-corrected chi connectivity index (χ1v) is 16.0. The molecule has 0 N–H and O–H groups in total. The van der Waals surface area contributed by atoms with Gasteiger partial charge in [-0.2, -0.15) is 0 Å². The molecule has 0 saturated carbocycles. The van der Waals surface area contributed by atoms with Gasteiger partial charge in [0.25, 0.3) is 0 Å². The van der Waals surface area contributed by atoms with E-state index in [1.807, 2.05) is 30.3 Å². The summed E-state index contributed by atoms with van der Waals surface area (Å²) < 4.78 is 6.48. The lowest BCUT2D eigenvalue weighted by molar-refractivity contribution is 0.623. The second-order valence-electron chi connectivity index (χ2n) is 12.3. The normalized spacial score (nSPS) is 11.8. The fraction of sp³-hybridized carbons (Fsp3) is 0. The highest BCUT2D eigenvalue weighted by molar-refractivity contribution is 6.23. The van der Waals surface area contributed by atoms with Crippen LogP contribution in [0.25, 0.3) is 98.7 Å². The fourth-order valence-electron chi connectivity index (χ4n) is 7.49. The standard InChI is InChI=1S/C45H27NO/c1-2-11-30(12-3-1)45-46-40-25-23-29-19-20-32-27-34(22-24-35(32)43(29)44(40)47-45)42-38-16-8-6-14-36(38)41(37-15-7-9-17-39(37)42)33-21-18-28-10-4-5-13-31(28)26-33/h1-27H. The molecule has 0 aliphatic carbocycles. The predicted octanol–water partition coefficient (Wildman–Crippen LogP) is 12.6. The maximum absolute atomic E-state index is 6.48. The minimum Gasteiger partial charge on any atom is -0.435 e. The molecule has 0 bridgehead atoms. The van der Waals surface area contributed by atoms with Gasteiger partial charge in [0.1, 0.15) is 5.52 Å². The lowest BCUT2D eigenvalue weighted by atomic mass is 9.85. The van der Waals surface area contributed by atoms with E-state index in [0.29, 0.717) is 5.89 Å². The molecule has 0 unspecified atom stereocenters. The first kappa shape index (κ1) is 26.0. The van der Waals surface area contributed by atoms with Gasteiger partial charge >= 0.3 is 0 Å². The summed E-state index contributed by atoms with van der Waals surface area (Å²) in [6, 6.07) is 58.8. The van der Waals surface area contributed by atoms with E-state index in [9.17, 15) is 0 Å². The Balaban J connectivity index is 1.22. The van der Waals surface area contributed by atoms with Gasteiger partial charge in [-0.1, -0.05) is 133 Å². The topological polar surface area (TPSA) is 26.0 Å². The summed E-state index contributed by atoms with van der Waals surface area (Å²) in [5.74, 6) is 0.645. The van der Waals surface area contributed by atoms with Crippen LogP contribution in [0.5, 0.6) is 0 Å². The lowest BCUT2D eigenvalue weighted by Crippen LogP contribution is -1.91. The molecule has 2 nitrogen and oxygen atoms in total. The zero-order chi connectivity index (χ0) is 30.9. The van der Waals surface area contributed by atoms with Crippen molar-refractivity contribution in [2.75, 3.05) is 0 Å². The number of oxazole rings is 1. The van der Waals surface area contributed by atoms with E-state index in [4.69, 9.17) is 9.40 Å². The summed E-state index contributed by atoms with van der Waals surface area (Å²) in [7, 11) is 0. The van der Waals surface area contributed by atoms with Crippen LogP contribution in [0.3, 0.4) is 0 Å². The maximum Gasteiger partial charge on any atom is 0.227 e. The first-order chi connectivity index (χ1) is 23.3. The molecule has 0 atom stereocenters. The molecule has 10 rings (SSSR count). The first-order valence-electron chi connectivity index (χ1n) is 16.0. The maximum atomic E-state index is 6.48. The van der Waals surface area contributed by atoms with Gasteiger partial charge in [-0.25, -0.2) is 4.98 Å². The van der Waals surface area contributed by atoms with Gasteiger partial charge in [0.05, 0.1) is 0 Å². The van der Waals surface area contributed by atoms with Crippen LogP contribution >= 0.6 is 0 Å². The van der Waals surface area contributed by atoms with Gasteiger partial charge in [-0.3, -0.25) is 0 Å². The SMILES string of the molecule is c1ccc(-c2nc3ccc4ccc5cc(-c6c7ccccc7c(-c7ccc8ccccc8c7)c7ccccc67)ccc5c4c3o2)cc1. The molecule has 1 heterocycles. The molecular weight excluding hydrogens is 571 g/mol. The second kappa shape index (κ2) is 10.1. The Morgan fingerprint density at radius 2 is 0.894 bits per heavy atom. The molecule has 0 aliphatic heterocycles. The fourth-order valence-corrected chi connectivity index (χ4v) is 7.49. The van der Waals surface area contributed by atoms with Crippen molar-refractivity contribution < 1.29 is 4.42 Å². The summed E-state index contributed by atoms with van der Waals surface area (Å²) in [5.41, 5.74) is 7.64. The Morgan fingerprint density at radius 3 is 1.60 bits per heavy atom. The molecule has 0 amide bonds. The number of hydrogen-bond donors (Lipinski definition) is 0. The van der Waals surface area contributed by atoms with Gasteiger partial charge in [-0.05, 0) is 101 Å². The van der Waals surface area contributed by atoms with Crippen molar-refractivity contribution >= 4 is 65.0 Å². The molecule has 10 aromatic rings. The largest absolute Gasteiger partial charge is 0.435 e. The number of rotatable bonds is 3. The van der Waals surface area contributed by atoms with Crippen LogP contribution in [0.4, 0.5) is 0 Å². The van der Waals surface area contributed by atoms with Crippen LogP contribution < -0.4 is 0 Å². The van der Waals surface area contributed by atoms with Gasteiger partial charge in [0.15, 0.2) is 5.58 Å². The molecule has 0 aliphatic rings. The molecular formula is C45H27NO. The predicted molar refractivity (Wildman–Crippen MR) is 198 cm³/mol. The van der Waals surface area contributed by atoms with Crippen LogP contribution in [0.2, 0.25) is 0 Å². The number of benzene rings is 9. The van der Waals surface area contributed by atoms with E-state index in [0.717, 1.165) is 32.8 Å². The van der Waals surface area contributed by atoms with Crippen molar-refractivity contribution in [1.29, 1.82) is 0 Å². The van der Waals surface area contributed by atoms with E-state index < -0.39 is 0 Å². The van der Waals surface area contributed by atoms with Crippen molar-refractivity contribution in [3.8, 4) is 33.7 Å². The van der Waals surface area contributed by atoms with Crippen molar-refractivity contribution in [2.45, 2.75) is 0 Å². The van der Waals surface area contributed by atoms with E-state index >= 15 is 0 Å². The molecule has 0 radical (unpaired) electrons. The number of fused-ring (bicyclic) bond motifs is 8. The molecule has 0 saturated heterocycles. The Bertz CT molecular complexity index is 2790. The molecule has 0 fully saturated rings. The van der Waals surface area contributed by atoms with Crippen molar-refractivity contribution in [2.24, 2.45) is 0 Å². The quantitative estimate of drug-likeness (QED) is 0.150. The van der Waals surface area contributed by atoms with Crippen LogP contribution in [0, 0.1) is 0 Å². The minimum absolute atomic E-state index is 0.645. The highest BCUT2D eigenvalue weighted by Gasteiger charge is 2.18. The van der Waals surface area contributed by atoms with Crippen LogP contribution in [0.15, 0.2) is 168 Å². The molecule has 47 heavy (non-hydrogen) atoms. The Morgan fingerprint density at radius 1 is 0.362 bits per heavy atom. The number of aromatic nitrogens is 1. The smallest absolute Gasteiger partial charge is 0.227 e. The third-order valence-electron chi connectivity index (χ3n) is 9.63. The van der Waals surface area contributed by atoms with Gasteiger partial charge in [0.2, 0.25) is 5.89 Å². The summed E-state index contributed by atoms with van der Waals surface area (Å²) >= 11 is 0. The van der Waals surface area contributed by atoms with Crippen LogP contribution in [-0.2, 0) is 0 Å². The molecule has 9 aromatic carbocycles. The van der Waals surface area contributed by atoms with E-state index in [-0.39, 0.29) is 0 Å². The van der Waals surface area contributed by atoms with Gasteiger partial charge in [-0.15, -0.1) is 0 Å². The Hall–Kier alpha value is -6.25. The summed E-state index contributed by atoms with van der Waals surface area (Å²) in [5, 5.41) is 12.1. The van der Waals surface area contributed by atoms with Gasteiger partial charge < -0.3 is 4.42 Å².